The molecular weight excluding hydrogens is 340 g/mol. The minimum atomic E-state index is -0.0742. The molecule has 1 aliphatic rings. The molecule has 3 rings (SSSR count). The van der Waals surface area contributed by atoms with Gasteiger partial charge in [0.1, 0.15) is 0 Å². The predicted molar refractivity (Wildman–Crippen MR) is 107 cm³/mol. The van der Waals surface area contributed by atoms with Crippen molar-refractivity contribution in [3.05, 3.63) is 41.7 Å². The summed E-state index contributed by atoms with van der Waals surface area (Å²) in [5.41, 5.74) is 3.90. The van der Waals surface area contributed by atoms with E-state index in [1.165, 1.54) is 0 Å². The van der Waals surface area contributed by atoms with Crippen molar-refractivity contribution in [1.82, 2.24) is 14.7 Å². The third-order valence-corrected chi connectivity index (χ3v) is 5.03. The van der Waals surface area contributed by atoms with E-state index in [1.54, 1.807) is 0 Å². The van der Waals surface area contributed by atoms with Gasteiger partial charge in [0, 0.05) is 24.5 Å². The van der Waals surface area contributed by atoms with Crippen LogP contribution in [0.5, 0.6) is 0 Å². The van der Waals surface area contributed by atoms with Gasteiger partial charge in [-0.25, -0.2) is 4.68 Å². The average molecular weight is 370 g/mol. The second-order valence-corrected chi connectivity index (χ2v) is 7.12. The Balaban J connectivity index is 1.63. The molecule has 1 amide bonds. The second-order valence-electron chi connectivity index (χ2n) is 7.12. The number of nitrogens with zero attached hydrogens (tertiary/aromatic N) is 3. The van der Waals surface area contributed by atoms with Crippen LogP contribution < -0.4 is 5.32 Å². The van der Waals surface area contributed by atoms with E-state index in [0.717, 1.165) is 55.1 Å². The van der Waals surface area contributed by atoms with Crippen LogP contribution in [0.15, 0.2) is 30.3 Å². The Morgan fingerprint density at radius 1 is 1.26 bits per heavy atom. The minimum absolute atomic E-state index is 0.0741. The Morgan fingerprint density at radius 2 is 2.04 bits per heavy atom. The van der Waals surface area contributed by atoms with E-state index < -0.39 is 0 Å². The van der Waals surface area contributed by atoms with Crippen LogP contribution in [0.1, 0.15) is 37.6 Å². The topological polar surface area (TPSA) is 59.4 Å². The zero-order valence-corrected chi connectivity index (χ0v) is 16.6. The molecule has 1 fully saturated rings. The fourth-order valence-corrected chi connectivity index (χ4v) is 3.68. The molecular formula is C21H30N4O2. The molecule has 0 unspecified atom stereocenters. The third kappa shape index (κ3) is 4.96. The van der Waals surface area contributed by atoms with E-state index >= 15 is 0 Å². The fourth-order valence-electron chi connectivity index (χ4n) is 3.68. The smallest absolute Gasteiger partial charge is 0.241 e. The molecule has 27 heavy (non-hydrogen) atoms. The zero-order valence-electron chi connectivity index (χ0n) is 16.6. The number of aromatic nitrogens is 2. The summed E-state index contributed by atoms with van der Waals surface area (Å²) in [4.78, 5) is 15.1. The Labute approximate surface area is 161 Å². The van der Waals surface area contributed by atoms with E-state index in [4.69, 9.17) is 4.74 Å². The van der Waals surface area contributed by atoms with Crippen LogP contribution in [-0.4, -0.2) is 52.9 Å². The summed E-state index contributed by atoms with van der Waals surface area (Å²) in [5, 5.41) is 7.58. The highest BCUT2D eigenvalue weighted by Gasteiger charge is 2.28. The van der Waals surface area contributed by atoms with Gasteiger partial charge in [-0.15, -0.1) is 0 Å². The maximum absolute atomic E-state index is 12.8. The Kier molecular flexibility index (Phi) is 6.63. The number of carbonyl (C=O) groups excluding carboxylic acids is 1. The number of ether oxygens (including phenoxy) is 1. The maximum Gasteiger partial charge on any atom is 0.241 e. The second kappa shape index (κ2) is 9.15. The number of amides is 1. The molecule has 0 radical (unpaired) electrons. The van der Waals surface area contributed by atoms with Crippen molar-refractivity contribution < 1.29 is 9.53 Å². The summed E-state index contributed by atoms with van der Waals surface area (Å²) in [6.07, 6.45) is 3.15. The highest BCUT2D eigenvalue weighted by Crippen LogP contribution is 2.20. The van der Waals surface area contributed by atoms with Crippen LogP contribution in [0.3, 0.4) is 0 Å². The first kappa shape index (κ1) is 19.6. The van der Waals surface area contributed by atoms with Gasteiger partial charge in [0.05, 0.1) is 24.0 Å². The number of hydrogen-bond donors (Lipinski definition) is 1. The standard InChI is InChI=1S/C21H30N4O2/c1-4-27-14-13-24-12-6-5-7-20(24)21(26)22-18-8-10-19(11-9-18)25-17(3)15-16(2)23-25/h8-11,15,20H,4-7,12-14H2,1-3H3,(H,22,26)/t20-/m1/s1. The van der Waals surface area contributed by atoms with Gasteiger partial charge >= 0.3 is 0 Å². The number of aryl methyl sites for hydroxylation is 2. The summed E-state index contributed by atoms with van der Waals surface area (Å²) in [6.45, 7) is 9.18. The van der Waals surface area contributed by atoms with Gasteiger partial charge in [-0.2, -0.15) is 5.10 Å². The van der Waals surface area contributed by atoms with Gasteiger partial charge in [-0.1, -0.05) is 6.42 Å². The number of piperidine rings is 1. The van der Waals surface area contributed by atoms with Crippen LogP contribution in [0.2, 0.25) is 0 Å². The van der Waals surface area contributed by atoms with Crippen LogP contribution in [-0.2, 0) is 9.53 Å². The van der Waals surface area contributed by atoms with E-state index in [1.807, 2.05) is 49.7 Å². The number of anilines is 1. The van der Waals surface area contributed by atoms with Gasteiger partial charge in [-0.05, 0) is 70.5 Å². The Hall–Kier alpha value is -2.18. The number of rotatable bonds is 7. The molecule has 2 aromatic rings. The lowest BCUT2D eigenvalue weighted by atomic mass is 10.0. The molecule has 0 saturated carbocycles. The molecule has 1 aliphatic heterocycles. The number of carbonyl (C=O) groups is 1. The number of hydrogen-bond acceptors (Lipinski definition) is 4. The molecule has 2 heterocycles. The van der Waals surface area contributed by atoms with Gasteiger partial charge < -0.3 is 10.1 Å². The molecule has 1 atom stereocenters. The average Bonchev–Trinajstić information content (AvgIpc) is 3.01. The lowest BCUT2D eigenvalue weighted by Gasteiger charge is -2.34. The van der Waals surface area contributed by atoms with E-state index in [0.29, 0.717) is 13.2 Å². The van der Waals surface area contributed by atoms with Crippen LogP contribution in [0.4, 0.5) is 5.69 Å². The van der Waals surface area contributed by atoms with Crippen LogP contribution in [0.25, 0.3) is 5.69 Å². The molecule has 1 aromatic heterocycles. The molecule has 1 N–H and O–H groups in total. The molecule has 1 aromatic carbocycles. The number of likely N-dealkylation sites (tertiary alicyclic amines) is 1. The number of nitrogens with one attached hydrogen (secondary N) is 1. The van der Waals surface area contributed by atoms with Crippen molar-refractivity contribution in [3.63, 3.8) is 0 Å². The first-order valence-electron chi connectivity index (χ1n) is 9.85. The van der Waals surface area contributed by atoms with E-state index in [-0.39, 0.29) is 11.9 Å². The minimum Gasteiger partial charge on any atom is -0.380 e. The normalized spacial score (nSPS) is 17.8. The predicted octanol–water partition coefficient (Wildman–Crippen LogP) is 3.32. The molecule has 6 nitrogen and oxygen atoms in total. The molecule has 146 valence electrons. The number of benzene rings is 1. The SMILES string of the molecule is CCOCCN1CCCC[C@@H]1C(=O)Nc1ccc(-n2nc(C)cc2C)cc1. The molecule has 0 aliphatic carbocycles. The largest absolute Gasteiger partial charge is 0.380 e. The lowest BCUT2D eigenvalue weighted by Crippen LogP contribution is -2.48. The first-order chi connectivity index (χ1) is 13.1. The van der Waals surface area contributed by atoms with Gasteiger partial charge in [0.2, 0.25) is 5.91 Å². The third-order valence-electron chi connectivity index (χ3n) is 5.03. The molecule has 1 saturated heterocycles. The molecule has 0 spiro atoms. The monoisotopic (exact) mass is 370 g/mol. The van der Waals surface area contributed by atoms with Gasteiger partial charge in [0.15, 0.2) is 0 Å². The quantitative estimate of drug-likeness (QED) is 0.760. The summed E-state index contributed by atoms with van der Waals surface area (Å²) in [7, 11) is 0. The first-order valence-corrected chi connectivity index (χ1v) is 9.85. The lowest BCUT2D eigenvalue weighted by molar-refractivity contribution is -0.122. The van der Waals surface area contributed by atoms with Crippen LogP contribution in [0, 0.1) is 13.8 Å². The van der Waals surface area contributed by atoms with Crippen molar-refractivity contribution in [2.24, 2.45) is 0 Å². The Bertz CT molecular complexity index is 754. The van der Waals surface area contributed by atoms with Gasteiger partial charge in [0.25, 0.3) is 0 Å². The summed E-state index contributed by atoms with van der Waals surface area (Å²) >= 11 is 0. The fraction of sp³-hybridized carbons (Fsp3) is 0.524. The Morgan fingerprint density at radius 3 is 2.70 bits per heavy atom. The van der Waals surface area contributed by atoms with Crippen molar-refractivity contribution in [2.75, 3.05) is 31.6 Å². The highest BCUT2D eigenvalue weighted by atomic mass is 16.5. The highest BCUT2D eigenvalue weighted by molar-refractivity contribution is 5.95. The van der Waals surface area contributed by atoms with E-state index in [2.05, 4.69) is 21.4 Å². The van der Waals surface area contributed by atoms with Gasteiger partial charge in [-0.3, -0.25) is 9.69 Å². The zero-order chi connectivity index (χ0) is 19.2. The summed E-state index contributed by atoms with van der Waals surface area (Å²) < 4.78 is 7.38. The molecule has 6 heteroatoms. The maximum atomic E-state index is 12.8. The van der Waals surface area contributed by atoms with Crippen molar-refractivity contribution in [1.29, 1.82) is 0 Å². The van der Waals surface area contributed by atoms with Crippen molar-refractivity contribution >= 4 is 11.6 Å². The summed E-state index contributed by atoms with van der Waals surface area (Å²) in [6, 6.07) is 9.84. The van der Waals surface area contributed by atoms with Crippen molar-refractivity contribution in [3.8, 4) is 5.69 Å². The van der Waals surface area contributed by atoms with E-state index in [9.17, 15) is 4.79 Å². The van der Waals surface area contributed by atoms with Crippen LogP contribution >= 0.6 is 0 Å². The summed E-state index contributed by atoms with van der Waals surface area (Å²) in [5.74, 6) is 0.0741. The molecule has 0 bridgehead atoms. The van der Waals surface area contributed by atoms with Crippen molar-refractivity contribution in [2.45, 2.75) is 46.1 Å².